The van der Waals surface area contributed by atoms with Crippen molar-refractivity contribution in [2.24, 2.45) is 0 Å². The van der Waals surface area contributed by atoms with Crippen molar-refractivity contribution >= 4 is 19.4 Å². The lowest BCUT2D eigenvalue weighted by Crippen LogP contribution is -2.51. The summed E-state index contributed by atoms with van der Waals surface area (Å²) in [5, 5.41) is 0.255. The van der Waals surface area contributed by atoms with Crippen molar-refractivity contribution in [1.29, 1.82) is 0 Å². The van der Waals surface area contributed by atoms with Crippen LogP contribution >= 0.6 is 19.4 Å². The molecule has 0 aromatic carbocycles. The number of alkyl halides is 1. The lowest BCUT2D eigenvalue weighted by molar-refractivity contribution is -0.913. The van der Waals surface area contributed by atoms with Crippen LogP contribution in [-0.2, 0) is 13.6 Å². The van der Waals surface area contributed by atoms with Crippen LogP contribution in [0.2, 0.25) is 0 Å². The number of quaternary nitrogens is 1. The summed E-state index contributed by atoms with van der Waals surface area (Å²) >= 11 is 6.16. The Morgan fingerprint density at radius 1 is 0.758 bits per heavy atom. The van der Waals surface area contributed by atoms with E-state index in [9.17, 15) is 9.46 Å². The maximum atomic E-state index is 11.9. The molecule has 0 aromatic rings. The van der Waals surface area contributed by atoms with E-state index in [1.165, 1.54) is 83.5 Å². The second kappa shape index (κ2) is 19.5. The van der Waals surface area contributed by atoms with Gasteiger partial charge < -0.3 is 18.4 Å². The van der Waals surface area contributed by atoms with Crippen molar-refractivity contribution in [1.82, 2.24) is 0 Å². The predicted octanol–water partition coefficient (Wildman–Crippen LogP) is 7.60. The number of likely N-dealkylation sites (N-methyl/N-ethyl adjacent to an activating group) is 1. The van der Waals surface area contributed by atoms with E-state index >= 15 is 0 Å². The van der Waals surface area contributed by atoms with Crippen molar-refractivity contribution in [2.75, 3.05) is 39.9 Å². The van der Waals surface area contributed by atoms with Gasteiger partial charge in [0.1, 0.15) is 13.2 Å². The van der Waals surface area contributed by atoms with Gasteiger partial charge in [-0.25, -0.2) is 0 Å². The van der Waals surface area contributed by atoms with Crippen LogP contribution < -0.4 is 4.89 Å². The zero-order chi connectivity index (χ0) is 24.3. The summed E-state index contributed by atoms with van der Waals surface area (Å²) in [6.45, 7) is 5.32. The van der Waals surface area contributed by atoms with Gasteiger partial charge in [0.25, 0.3) is 7.82 Å². The summed E-state index contributed by atoms with van der Waals surface area (Å²) in [5.41, 5.74) is 0. The van der Waals surface area contributed by atoms with Crippen LogP contribution in [0.1, 0.15) is 122 Å². The van der Waals surface area contributed by atoms with Crippen LogP contribution in [0.3, 0.4) is 0 Å². The number of likely N-dealkylation sites (tertiary alicyclic amines) is 1. The highest BCUT2D eigenvalue weighted by atomic mass is 35.5. The van der Waals surface area contributed by atoms with Gasteiger partial charge in [-0.15, -0.1) is 11.6 Å². The van der Waals surface area contributed by atoms with Crippen molar-refractivity contribution < 1.29 is 23.0 Å². The largest absolute Gasteiger partial charge is 0.756 e. The molecule has 5 nitrogen and oxygen atoms in total. The molecule has 0 N–H and O–H groups in total. The van der Waals surface area contributed by atoms with Crippen LogP contribution in [-0.4, -0.2) is 49.8 Å². The minimum Gasteiger partial charge on any atom is -0.756 e. The highest BCUT2D eigenvalue weighted by Gasteiger charge is 2.29. The first-order valence-corrected chi connectivity index (χ1v) is 15.8. The Bertz CT molecular complexity index is 501. The maximum absolute atomic E-state index is 11.9. The topological polar surface area (TPSA) is 58.6 Å². The Balaban J connectivity index is 1.84. The molecule has 1 rings (SSSR count). The highest BCUT2D eigenvalue weighted by molar-refractivity contribution is 7.45. The molecule has 1 unspecified atom stereocenters. The summed E-state index contributed by atoms with van der Waals surface area (Å²) in [5.74, 6) is 0. The SMILES string of the molecule is CCCCCCCCCCCCCCCCCCOP(=O)([O-])OCC[N+]1(C)CCC(Cl)CC1. The van der Waals surface area contributed by atoms with Gasteiger partial charge in [-0.2, -0.15) is 0 Å². The lowest BCUT2D eigenvalue weighted by atomic mass is 10.0. The molecule has 0 spiro atoms. The first-order chi connectivity index (χ1) is 15.9. The molecule has 1 aliphatic rings. The molecule has 1 atom stereocenters. The smallest absolute Gasteiger partial charge is 0.268 e. The number of piperidine rings is 1. The Morgan fingerprint density at radius 3 is 1.61 bits per heavy atom. The van der Waals surface area contributed by atoms with Crippen LogP contribution in [0.15, 0.2) is 0 Å². The van der Waals surface area contributed by atoms with Gasteiger partial charge >= 0.3 is 0 Å². The van der Waals surface area contributed by atoms with E-state index in [0.717, 1.165) is 49.7 Å². The third-order valence-corrected chi connectivity index (χ3v) is 8.53. The number of unbranched alkanes of at least 4 members (excludes halogenated alkanes) is 15. The summed E-state index contributed by atoms with van der Waals surface area (Å²) < 4.78 is 22.9. The van der Waals surface area contributed by atoms with Crippen molar-refractivity contribution in [3.63, 3.8) is 0 Å². The Labute approximate surface area is 210 Å². The fraction of sp³-hybridized carbons (Fsp3) is 1.00. The Kier molecular flexibility index (Phi) is 18.6. The standard InChI is InChI=1S/C26H53ClNO4P/c1-3-4-5-6-7-8-9-10-11-12-13-14-15-16-17-18-24-31-33(29,30)32-25-23-28(2)21-19-26(27)20-22-28/h26H,3-25H2,1-2H3. The minimum atomic E-state index is -4.18. The van der Waals surface area contributed by atoms with Crippen LogP contribution in [0, 0.1) is 0 Å². The zero-order valence-corrected chi connectivity index (χ0v) is 23.4. The van der Waals surface area contributed by atoms with E-state index in [1.54, 1.807) is 0 Å². The molecule has 0 aromatic heterocycles. The van der Waals surface area contributed by atoms with E-state index in [2.05, 4.69) is 14.0 Å². The van der Waals surface area contributed by atoms with Crippen LogP contribution in [0.4, 0.5) is 0 Å². The van der Waals surface area contributed by atoms with E-state index in [0.29, 0.717) is 6.54 Å². The molecular weight excluding hydrogens is 457 g/mol. The quantitative estimate of drug-likeness (QED) is 0.0652. The number of hydrogen-bond acceptors (Lipinski definition) is 4. The van der Waals surface area contributed by atoms with E-state index in [-0.39, 0.29) is 18.6 Å². The van der Waals surface area contributed by atoms with Gasteiger partial charge in [-0.05, 0) is 6.42 Å². The fourth-order valence-electron chi connectivity index (χ4n) is 4.62. The molecular formula is C26H53ClNO4P. The summed E-state index contributed by atoms with van der Waals surface area (Å²) in [6, 6.07) is 0. The normalized spacial score (nSPS) is 23.0. The van der Waals surface area contributed by atoms with Gasteiger partial charge in [0.05, 0.1) is 26.7 Å². The van der Waals surface area contributed by atoms with Gasteiger partial charge in [0.2, 0.25) is 0 Å². The fourth-order valence-corrected chi connectivity index (χ4v) is 5.55. The number of halogens is 1. The maximum Gasteiger partial charge on any atom is 0.268 e. The number of nitrogens with zero attached hydrogens (tertiary/aromatic N) is 1. The van der Waals surface area contributed by atoms with Gasteiger partial charge in [-0.1, -0.05) is 103 Å². The number of rotatable bonds is 22. The van der Waals surface area contributed by atoms with Crippen LogP contribution in [0.25, 0.3) is 0 Å². The molecule has 1 aliphatic heterocycles. The van der Waals surface area contributed by atoms with Crippen molar-refractivity contribution in [2.45, 2.75) is 128 Å². The molecule has 1 saturated heterocycles. The van der Waals surface area contributed by atoms with Crippen molar-refractivity contribution in [3.05, 3.63) is 0 Å². The third-order valence-electron chi connectivity index (χ3n) is 7.09. The van der Waals surface area contributed by atoms with E-state index in [4.69, 9.17) is 20.6 Å². The first-order valence-electron chi connectivity index (χ1n) is 13.9. The summed E-state index contributed by atoms with van der Waals surface area (Å²) in [7, 11) is -2.04. The highest BCUT2D eigenvalue weighted by Crippen LogP contribution is 2.38. The molecule has 0 saturated carbocycles. The molecule has 0 radical (unpaired) electrons. The number of hydrogen-bond donors (Lipinski definition) is 0. The molecule has 7 heteroatoms. The second-order valence-corrected chi connectivity index (χ2v) is 12.4. The Morgan fingerprint density at radius 2 is 1.15 bits per heavy atom. The van der Waals surface area contributed by atoms with Gasteiger partial charge in [0.15, 0.2) is 0 Å². The monoisotopic (exact) mass is 509 g/mol. The minimum absolute atomic E-state index is 0.184. The first kappa shape index (κ1) is 31.4. The number of phosphoric acid groups is 1. The van der Waals surface area contributed by atoms with Gasteiger partial charge in [0, 0.05) is 18.2 Å². The predicted molar refractivity (Wildman–Crippen MR) is 139 cm³/mol. The molecule has 198 valence electrons. The third kappa shape index (κ3) is 18.3. The molecule has 0 aliphatic carbocycles. The molecule has 1 heterocycles. The number of phosphoric ester groups is 1. The van der Waals surface area contributed by atoms with E-state index in [1.807, 2.05) is 0 Å². The van der Waals surface area contributed by atoms with Crippen LogP contribution in [0.5, 0.6) is 0 Å². The molecule has 33 heavy (non-hydrogen) atoms. The molecule has 0 amide bonds. The second-order valence-electron chi connectivity index (χ2n) is 10.4. The van der Waals surface area contributed by atoms with Gasteiger partial charge in [-0.3, -0.25) is 4.57 Å². The molecule has 0 bridgehead atoms. The summed E-state index contributed by atoms with van der Waals surface area (Å²) in [6.07, 6.45) is 22.7. The Hall–Kier alpha value is 0.360. The van der Waals surface area contributed by atoms with E-state index < -0.39 is 7.82 Å². The summed E-state index contributed by atoms with van der Waals surface area (Å²) in [4.78, 5) is 11.9. The average Bonchev–Trinajstić information content (AvgIpc) is 2.78. The zero-order valence-electron chi connectivity index (χ0n) is 21.7. The van der Waals surface area contributed by atoms with Crippen molar-refractivity contribution in [3.8, 4) is 0 Å². The average molecular weight is 510 g/mol. The lowest BCUT2D eigenvalue weighted by Gasteiger charge is -2.39. The molecule has 1 fully saturated rings.